The second-order valence-corrected chi connectivity index (χ2v) is 5.85. The zero-order valence-corrected chi connectivity index (χ0v) is 12.2. The van der Waals surface area contributed by atoms with Crippen LogP contribution in [0, 0.1) is 30.3 Å². The molecule has 1 heterocycles. The maximum atomic E-state index is 14.2. The standard InChI is InChI=1S/C16H15F3N2O/c1-7-3-12-9(14(22)4-7)6-13(21-20-12)10-5-11(17)16(19)8(2)15(10)18/h5-7,14,22H,3-4H2,1-2H3. The van der Waals surface area contributed by atoms with Crippen LogP contribution in [0.15, 0.2) is 12.1 Å². The Morgan fingerprint density at radius 2 is 1.86 bits per heavy atom. The van der Waals surface area contributed by atoms with Crippen LogP contribution in [0.5, 0.6) is 0 Å². The molecule has 1 aliphatic rings. The summed E-state index contributed by atoms with van der Waals surface area (Å²) in [4.78, 5) is 0. The quantitative estimate of drug-likeness (QED) is 0.820. The summed E-state index contributed by atoms with van der Waals surface area (Å²) in [5, 5.41) is 18.1. The van der Waals surface area contributed by atoms with Crippen molar-refractivity contribution in [1.82, 2.24) is 10.2 Å². The van der Waals surface area contributed by atoms with E-state index >= 15 is 0 Å². The highest BCUT2D eigenvalue weighted by Crippen LogP contribution is 2.34. The molecule has 6 heteroatoms. The van der Waals surface area contributed by atoms with Gasteiger partial charge in [0.1, 0.15) is 5.82 Å². The van der Waals surface area contributed by atoms with Crippen molar-refractivity contribution in [3.05, 3.63) is 46.4 Å². The number of hydrogen-bond donors (Lipinski definition) is 1. The third kappa shape index (κ3) is 2.37. The second-order valence-electron chi connectivity index (χ2n) is 5.85. The van der Waals surface area contributed by atoms with E-state index in [2.05, 4.69) is 10.2 Å². The summed E-state index contributed by atoms with van der Waals surface area (Å²) in [7, 11) is 0. The molecule has 2 unspecified atom stereocenters. The molecule has 0 bridgehead atoms. The van der Waals surface area contributed by atoms with Gasteiger partial charge in [-0.25, -0.2) is 13.2 Å². The lowest BCUT2D eigenvalue weighted by Crippen LogP contribution is -2.18. The van der Waals surface area contributed by atoms with E-state index in [0.29, 0.717) is 24.1 Å². The van der Waals surface area contributed by atoms with Gasteiger partial charge in [0.25, 0.3) is 0 Å². The summed E-state index contributed by atoms with van der Waals surface area (Å²) in [5.41, 5.74) is 0.771. The first-order chi connectivity index (χ1) is 10.4. The van der Waals surface area contributed by atoms with Crippen molar-refractivity contribution in [2.24, 2.45) is 5.92 Å². The third-order valence-corrected chi connectivity index (χ3v) is 4.08. The molecule has 2 atom stereocenters. The molecular weight excluding hydrogens is 293 g/mol. The first-order valence-electron chi connectivity index (χ1n) is 7.07. The topological polar surface area (TPSA) is 46.0 Å². The Morgan fingerprint density at radius 1 is 1.14 bits per heavy atom. The number of nitrogens with zero attached hydrogens (tertiary/aromatic N) is 2. The Labute approximate surface area is 125 Å². The van der Waals surface area contributed by atoms with E-state index in [0.717, 1.165) is 6.07 Å². The Kier molecular flexibility index (Phi) is 3.64. The predicted octanol–water partition coefficient (Wildman–Crippen LogP) is 3.49. The molecule has 0 aliphatic heterocycles. The molecule has 3 nitrogen and oxygen atoms in total. The molecule has 0 saturated heterocycles. The van der Waals surface area contributed by atoms with Crippen LogP contribution in [0.3, 0.4) is 0 Å². The Balaban J connectivity index is 2.13. The molecule has 22 heavy (non-hydrogen) atoms. The Hall–Kier alpha value is -1.95. The molecule has 1 aromatic carbocycles. The summed E-state index contributed by atoms with van der Waals surface area (Å²) in [5.74, 6) is -2.93. The van der Waals surface area contributed by atoms with E-state index in [9.17, 15) is 18.3 Å². The number of aliphatic hydroxyl groups excluding tert-OH is 1. The number of benzene rings is 1. The minimum Gasteiger partial charge on any atom is -0.388 e. The largest absolute Gasteiger partial charge is 0.388 e. The molecule has 0 saturated carbocycles. The van der Waals surface area contributed by atoms with Gasteiger partial charge in [-0.2, -0.15) is 10.2 Å². The van der Waals surface area contributed by atoms with Gasteiger partial charge in [0, 0.05) is 16.7 Å². The molecule has 0 radical (unpaired) electrons. The number of halogens is 3. The summed E-state index contributed by atoms with van der Waals surface area (Å²) < 4.78 is 41.1. The zero-order chi connectivity index (χ0) is 16.0. The summed E-state index contributed by atoms with van der Waals surface area (Å²) in [6.45, 7) is 3.17. The van der Waals surface area contributed by atoms with Crippen molar-refractivity contribution in [2.75, 3.05) is 0 Å². The van der Waals surface area contributed by atoms with Crippen LogP contribution in [0.25, 0.3) is 11.3 Å². The van der Waals surface area contributed by atoms with E-state index in [1.807, 2.05) is 6.92 Å². The van der Waals surface area contributed by atoms with Crippen LogP contribution in [0.1, 0.15) is 36.3 Å². The minimum atomic E-state index is -1.21. The van der Waals surface area contributed by atoms with E-state index in [1.54, 1.807) is 0 Å². The number of hydrogen-bond acceptors (Lipinski definition) is 3. The smallest absolute Gasteiger partial charge is 0.164 e. The molecule has 0 spiro atoms. The number of rotatable bonds is 1. The molecule has 1 aromatic heterocycles. The predicted molar refractivity (Wildman–Crippen MR) is 74.5 cm³/mol. The van der Waals surface area contributed by atoms with Crippen molar-refractivity contribution in [3.8, 4) is 11.3 Å². The van der Waals surface area contributed by atoms with Crippen molar-refractivity contribution < 1.29 is 18.3 Å². The maximum Gasteiger partial charge on any atom is 0.164 e. The molecule has 116 valence electrons. The monoisotopic (exact) mass is 308 g/mol. The van der Waals surface area contributed by atoms with Gasteiger partial charge < -0.3 is 5.11 Å². The molecule has 1 aliphatic carbocycles. The van der Waals surface area contributed by atoms with Crippen molar-refractivity contribution in [1.29, 1.82) is 0 Å². The fraction of sp³-hybridized carbons (Fsp3) is 0.375. The number of aliphatic hydroxyl groups is 1. The fourth-order valence-electron chi connectivity index (χ4n) is 2.85. The average molecular weight is 308 g/mol. The first kappa shape index (κ1) is 15.0. The van der Waals surface area contributed by atoms with Crippen molar-refractivity contribution >= 4 is 0 Å². The molecule has 1 N–H and O–H groups in total. The minimum absolute atomic E-state index is 0.0897. The summed E-state index contributed by atoms with van der Waals surface area (Å²) in [6.07, 6.45) is 0.554. The molecule has 0 amide bonds. The van der Waals surface area contributed by atoms with E-state index in [-0.39, 0.29) is 17.2 Å². The lowest BCUT2D eigenvalue weighted by Gasteiger charge is -2.25. The van der Waals surface area contributed by atoms with Gasteiger partial charge >= 0.3 is 0 Å². The van der Waals surface area contributed by atoms with Crippen molar-refractivity contribution in [3.63, 3.8) is 0 Å². The third-order valence-electron chi connectivity index (χ3n) is 4.08. The average Bonchev–Trinajstić information content (AvgIpc) is 2.48. The van der Waals surface area contributed by atoms with Crippen LogP contribution in [-0.4, -0.2) is 15.3 Å². The van der Waals surface area contributed by atoms with E-state index < -0.39 is 29.1 Å². The van der Waals surface area contributed by atoms with E-state index in [4.69, 9.17) is 0 Å². The molecule has 3 rings (SSSR count). The number of aromatic nitrogens is 2. The van der Waals surface area contributed by atoms with Crippen LogP contribution in [0.2, 0.25) is 0 Å². The molecule has 2 aromatic rings. The summed E-state index contributed by atoms with van der Waals surface area (Å²) >= 11 is 0. The number of fused-ring (bicyclic) bond motifs is 1. The second kappa shape index (κ2) is 5.35. The molecular formula is C16H15F3N2O. The highest BCUT2D eigenvalue weighted by molar-refractivity contribution is 5.62. The normalized spacial score (nSPS) is 20.8. The maximum absolute atomic E-state index is 14.2. The van der Waals surface area contributed by atoms with Gasteiger partial charge in [0.2, 0.25) is 0 Å². The van der Waals surface area contributed by atoms with Gasteiger partial charge in [0.05, 0.1) is 17.5 Å². The van der Waals surface area contributed by atoms with Gasteiger partial charge in [-0.1, -0.05) is 6.92 Å². The zero-order valence-electron chi connectivity index (χ0n) is 12.2. The fourth-order valence-corrected chi connectivity index (χ4v) is 2.85. The van der Waals surface area contributed by atoms with Gasteiger partial charge in [0.15, 0.2) is 11.6 Å². The lowest BCUT2D eigenvalue weighted by atomic mass is 9.86. The van der Waals surface area contributed by atoms with Crippen LogP contribution >= 0.6 is 0 Å². The summed E-state index contributed by atoms with van der Waals surface area (Å²) in [6, 6.07) is 2.28. The Morgan fingerprint density at radius 3 is 2.59 bits per heavy atom. The Bertz CT molecular complexity index is 749. The van der Waals surface area contributed by atoms with Crippen LogP contribution < -0.4 is 0 Å². The highest BCUT2D eigenvalue weighted by Gasteiger charge is 2.26. The van der Waals surface area contributed by atoms with Gasteiger partial charge in [-0.3, -0.25) is 0 Å². The van der Waals surface area contributed by atoms with E-state index in [1.165, 1.54) is 13.0 Å². The van der Waals surface area contributed by atoms with Gasteiger partial charge in [-0.15, -0.1) is 0 Å². The van der Waals surface area contributed by atoms with Crippen LogP contribution in [-0.2, 0) is 6.42 Å². The van der Waals surface area contributed by atoms with Crippen LogP contribution in [0.4, 0.5) is 13.2 Å². The van der Waals surface area contributed by atoms with Crippen molar-refractivity contribution in [2.45, 2.75) is 32.8 Å². The SMILES string of the molecule is Cc1c(F)c(F)cc(-c2cc3c(nn2)CC(C)CC3O)c1F. The molecule has 0 fully saturated rings. The first-order valence-corrected chi connectivity index (χ1v) is 7.07. The lowest BCUT2D eigenvalue weighted by molar-refractivity contribution is 0.134. The highest BCUT2D eigenvalue weighted by atomic mass is 19.2. The van der Waals surface area contributed by atoms with Gasteiger partial charge in [-0.05, 0) is 37.8 Å².